The minimum Gasteiger partial charge on any atom is -0.327 e. The zero-order valence-electron chi connectivity index (χ0n) is 13.3. The number of nitrogens with two attached hydrogens (primary N) is 1. The molecule has 0 aromatic rings. The predicted molar refractivity (Wildman–Crippen MR) is 81.6 cm³/mol. The Morgan fingerprint density at radius 2 is 1.50 bits per heavy atom. The van der Waals surface area contributed by atoms with Gasteiger partial charge in [-0.2, -0.15) is 0 Å². The molecule has 0 aromatic carbocycles. The molecule has 1 unspecified atom stereocenters. The molecule has 18 heavy (non-hydrogen) atoms. The molecule has 0 bridgehead atoms. The second kappa shape index (κ2) is 6.93. The molecule has 1 atom stereocenters. The van der Waals surface area contributed by atoms with E-state index in [1.807, 2.05) is 0 Å². The first-order valence-corrected chi connectivity index (χ1v) is 8.14. The fraction of sp³-hybridized carbons (Fsp3) is 1.00. The summed E-state index contributed by atoms with van der Waals surface area (Å²) < 4.78 is 0. The van der Waals surface area contributed by atoms with Crippen molar-refractivity contribution in [3.05, 3.63) is 0 Å². The lowest BCUT2D eigenvalue weighted by Gasteiger charge is -2.39. The molecule has 0 radical (unpaired) electrons. The zero-order chi connectivity index (χ0) is 13.8. The summed E-state index contributed by atoms with van der Waals surface area (Å²) in [5, 5.41) is 0. The summed E-state index contributed by atoms with van der Waals surface area (Å²) in [6.07, 6.45) is 9.35. The van der Waals surface area contributed by atoms with Gasteiger partial charge in [-0.3, -0.25) is 0 Å². The SMILES string of the molecule is CCC(CC)CC(N)C1CCC(C(C)(C)C)CC1. The average molecular weight is 253 g/mol. The van der Waals surface area contributed by atoms with E-state index < -0.39 is 0 Å². The van der Waals surface area contributed by atoms with Crippen molar-refractivity contribution in [2.45, 2.75) is 85.6 Å². The normalized spacial score (nSPS) is 27.5. The van der Waals surface area contributed by atoms with Crippen LogP contribution in [-0.4, -0.2) is 6.04 Å². The second-order valence-corrected chi connectivity index (χ2v) is 7.56. The van der Waals surface area contributed by atoms with Crippen molar-refractivity contribution < 1.29 is 0 Å². The molecule has 1 aliphatic rings. The minimum absolute atomic E-state index is 0.454. The third-order valence-corrected chi connectivity index (χ3v) is 5.36. The Kier molecular flexibility index (Phi) is 6.17. The summed E-state index contributed by atoms with van der Waals surface area (Å²) in [7, 11) is 0. The monoisotopic (exact) mass is 253 g/mol. The second-order valence-electron chi connectivity index (χ2n) is 7.56. The highest BCUT2D eigenvalue weighted by molar-refractivity contribution is 4.85. The summed E-state index contributed by atoms with van der Waals surface area (Å²) in [6, 6.07) is 0.454. The minimum atomic E-state index is 0.454. The molecule has 1 rings (SSSR count). The summed E-state index contributed by atoms with van der Waals surface area (Å²) in [6.45, 7) is 11.8. The Hall–Kier alpha value is -0.0400. The summed E-state index contributed by atoms with van der Waals surface area (Å²) in [4.78, 5) is 0. The van der Waals surface area contributed by atoms with Crippen molar-refractivity contribution >= 4 is 0 Å². The Morgan fingerprint density at radius 3 is 1.89 bits per heavy atom. The molecule has 2 N–H and O–H groups in total. The first-order valence-electron chi connectivity index (χ1n) is 8.14. The quantitative estimate of drug-likeness (QED) is 0.733. The van der Waals surface area contributed by atoms with Crippen LogP contribution >= 0.6 is 0 Å². The lowest BCUT2D eigenvalue weighted by Crippen LogP contribution is -2.36. The van der Waals surface area contributed by atoms with Crippen LogP contribution in [0, 0.1) is 23.2 Å². The molecule has 1 fully saturated rings. The Labute approximate surface area is 115 Å². The molecule has 1 heteroatoms. The molecular formula is C17H35N. The van der Waals surface area contributed by atoms with Crippen LogP contribution in [0.3, 0.4) is 0 Å². The van der Waals surface area contributed by atoms with Gasteiger partial charge in [0.05, 0.1) is 0 Å². The number of rotatable bonds is 5. The summed E-state index contributed by atoms with van der Waals surface area (Å²) in [5.74, 6) is 2.55. The third-order valence-electron chi connectivity index (χ3n) is 5.36. The predicted octanol–water partition coefficient (Wildman–Crippen LogP) is 4.99. The lowest BCUT2D eigenvalue weighted by molar-refractivity contribution is 0.134. The van der Waals surface area contributed by atoms with Gasteiger partial charge in [0.2, 0.25) is 0 Å². The van der Waals surface area contributed by atoms with Crippen molar-refractivity contribution in [2.75, 3.05) is 0 Å². The largest absolute Gasteiger partial charge is 0.327 e. The van der Waals surface area contributed by atoms with E-state index in [1.165, 1.54) is 44.9 Å². The topological polar surface area (TPSA) is 26.0 Å². The zero-order valence-corrected chi connectivity index (χ0v) is 13.3. The van der Waals surface area contributed by atoms with E-state index >= 15 is 0 Å². The molecule has 0 saturated heterocycles. The molecule has 0 heterocycles. The van der Waals surface area contributed by atoms with Crippen LogP contribution in [0.1, 0.15) is 79.6 Å². The van der Waals surface area contributed by atoms with E-state index in [9.17, 15) is 0 Å². The molecule has 0 amide bonds. The van der Waals surface area contributed by atoms with Crippen LogP contribution in [0.4, 0.5) is 0 Å². The molecular weight excluding hydrogens is 218 g/mol. The third kappa shape index (κ3) is 4.57. The van der Waals surface area contributed by atoms with Gasteiger partial charge in [-0.05, 0) is 55.3 Å². The molecule has 1 aliphatic carbocycles. The van der Waals surface area contributed by atoms with Crippen LogP contribution in [0.2, 0.25) is 0 Å². The standard InChI is InChI=1S/C17H35N/c1-6-13(7-2)12-16(18)14-8-10-15(11-9-14)17(3,4)5/h13-16H,6-12,18H2,1-5H3. The van der Waals surface area contributed by atoms with Gasteiger partial charge >= 0.3 is 0 Å². The van der Waals surface area contributed by atoms with Gasteiger partial charge < -0.3 is 5.73 Å². The van der Waals surface area contributed by atoms with Gasteiger partial charge in [0, 0.05) is 6.04 Å². The van der Waals surface area contributed by atoms with Crippen LogP contribution in [0.15, 0.2) is 0 Å². The average Bonchev–Trinajstić information content (AvgIpc) is 2.34. The van der Waals surface area contributed by atoms with Crippen molar-refractivity contribution in [1.29, 1.82) is 0 Å². The van der Waals surface area contributed by atoms with Crippen molar-refractivity contribution in [2.24, 2.45) is 28.9 Å². The maximum absolute atomic E-state index is 6.45. The van der Waals surface area contributed by atoms with Gasteiger partial charge in [0.1, 0.15) is 0 Å². The fourth-order valence-electron chi connectivity index (χ4n) is 3.61. The molecule has 0 spiro atoms. The van der Waals surface area contributed by atoms with Gasteiger partial charge in [-0.25, -0.2) is 0 Å². The summed E-state index contributed by atoms with van der Waals surface area (Å²) in [5.41, 5.74) is 6.95. The Balaban J connectivity index is 2.38. The van der Waals surface area contributed by atoms with Gasteiger partial charge in [-0.15, -0.1) is 0 Å². The molecule has 0 aliphatic heterocycles. The highest BCUT2D eigenvalue weighted by Crippen LogP contribution is 2.41. The first-order chi connectivity index (χ1) is 8.38. The van der Waals surface area contributed by atoms with Crippen LogP contribution in [-0.2, 0) is 0 Å². The highest BCUT2D eigenvalue weighted by Gasteiger charge is 2.32. The smallest absolute Gasteiger partial charge is 0.00697 e. The van der Waals surface area contributed by atoms with E-state index in [1.54, 1.807) is 0 Å². The van der Waals surface area contributed by atoms with E-state index in [4.69, 9.17) is 5.73 Å². The molecule has 1 saturated carbocycles. The van der Waals surface area contributed by atoms with Crippen LogP contribution in [0.25, 0.3) is 0 Å². The fourth-order valence-corrected chi connectivity index (χ4v) is 3.61. The van der Waals surface area contributed by atoms with Gasteiger partial charge in [0.25, 0.3) is 0 Å². The van der Waals surface area contributed by atoms with E-state index in [0.717, 1.165) is 17.8 Å². The Morgan fingerprint density at radius 1 is 1.00 bits per heavy atom. The first kappa shape index (κ1) is 16.0. The van der Waals surface area contributed by atoms with Crippen molar-refractivity contribution in [1.82, 2.24) is 0 Å². The maximum Gasteiger partial charge on any atom is 0.00697 e. The highest BCUT2D eigenvalue weighted by atomic mass is 14.7. The number of hydrogen-bond donors (Lipinski definition) is 1. The summed E-state index contributed by atoms with van der Waals surface area (Å²) >= 11 is 0. The van der Waals surface area contributed by atoms with E-state index in [2.05, 4.69) is 34.6 Å². The van der Waals surface area contributed by atoms with E-state index in [0.29, 0.717) is 11.5 Å². The van der Waals surface area contributed by atoms with Crippen molar-refractivity contribution in [3.63, 3.8) is 0 Å². The number of hydrogen-bond acceptors (Lipinski definition) is 1. The Bertz CT molecular complexity index is 216. The van der Waals surface area contributed by atoms with Crippen LogP contribution in [0.5, 0.6) is 0 Å². The van der Waals surface area contributed by atoms with Crippen LogP contribution < -0.4 is 5.73 Å². The molecule has 0 aromatic heterocycles. The van der Waals surface area contributed by atoms with Gasteiger partial charge in [0.15, 0.2) is 0 Å². The maximum atomic E-state index is 6.45. The molecule has 108 valence electrons. The molecule has 1 nitrogen and oxygen atoms in total. The van der Waals surface area contributed by atoms with Gasteiger partial charge in [-0.1, -0.05) is 47.5 Å². The van der Waals surface area contributed by atoms with E-state index in [-0.39, 0.29) is 0 Å². The van der Waals surface area contributed by atoms with Crippen molar-refractivity contribution in [3.8, 4) is 0 Å². The lowest BCUT2D eigenvalue weighted by atomic mass is 9.68.